The Morgan fingerprint density at radius 2 is 2.08 bits per heavy atom. The molecule has 0 bridgehead atoms. The van der Waals surface area contributed by atoms with Crippen LogP contribution in [0.4, 0.5) is 9.18 Å². The zero-order valence-electron chi connectivity index (χ0n) is 13.7. The maximum absolute atomic E-state index is 13.1. The normalized spacial score (nSPS) is 11.6. The third-order valence-electron chi connectivity index (χ3n) is 3.19. The zero-order chi connectivity index (χ0) is 18.4. The number of aromatic nitrogens is 3. The number of carbonyl (C=O) groups is 2. The fourth-order valence-corrected chi connectivity index (χ4v) is 2.81. The van der Waals surface area contributed by atoms with Crippen LogP contribution in [-0.2, 0) is 16.1 Å². The van der Waals surface area contributed by atoms with Crippen LogP contribution in [0.15, 0.2) is 42.1 Å². The summed E-state index contributed by atoms with van der Waals surface area (Å²) in [7, 11) is 1.18. The predicted molar refractivity (Wildman–Crippen MR) is 91.5 cm³/mol. The maximum Gasteiger partial charge on any atom is 0.413 e. The minimum absolute atomic E-state index is 0.346. The number of rotatable bonds is 6. The Balaban J connectivity index is 2.23. The summed E-state index contributed by atoms with van der Waals surface area (Å²) in [5.74, 6) is -0.322. The van der Waals surface area contributed by atoms with E-state index < -0.39 is 17.3 Å². The van der Waals surface area contributed by atoms with Crippen LogP contribution in [-0.4, -0.2) is 39.1 Å². The summed E-state index contributed by atoms with van der Waals surface area (Å²) < 4.78 is 19.3. The Hall–Kier alpha value is -2.68. The number of amides is 2. The molecule has 0 aliphatic heterocycles. The molecule has 0 radical (unpaired) electrons. The third kappa shape index (κ3) is 4.66. The van der Waals surface area contributed by atoms with Crippen LogP contribution in [0.5, 0.6) is 0 Å². The van der Waals surface area contributed by atoms with Crippen molar-refractivity contribution in [1.82, 2.24) is 20.1 Å². The van der Waals surface area contributed by atoms with Crippen LogP contribution in [0.1, 0.15) is 6.92 Å². The summed E-state index contributed by atoms with van der Waals surface area (Å²) in [5.41, 5.74) is 0.689. The number of hydrogen-bond acceptors (Lipinski definition) is 6. The number of methoxy groups -OCH3 is 1. The van der Waals surface area contributed by atoms with Gasteiger partial charge in [0.15, 0.2) is 11.0 Å². The van der Waals surface area contributed by atoms with E-state index in [0.717, 1.165) is 11.8 Å². The van der Waals surface area contributed by atoms with Crippen molar-refractivity contribution in [2.75, 3.05) is 7.11 Å². The fourth-order valence-electron chi connectivity index (χ4n) is 1.95. The quantitative estimate of drug-likeness (QED) is 0.626. The second kappa shape index (κ2) is 8.43. The number of imide groups is 1. The highest BCUT2D eigenvalue weighted by Gasteiger charge is 2.22. The van der Waals surface area contributed by atoms with Crippen LogP contribution >= 0.6 is 11.8 Å². The van der Waals surface area contributed by atoms with E-state index in [1.54, 1.807) is 29.7 Å². The van der Waals surface area contributed by atoms with Gasteiger partial charge in [0.1, 0.15) is 5.82 Å². The number of carbonyl (C=O) groups excluding carboxylic acids is 2. The van der Waals surface area contributed by atoms with Crippen LogP contribution in [0.2, 0.25) is 0 Å². The summed E-state index contributed by atoms with van der Waals surface area (Å²) >= 11 is 1.14. The van der Waals surface area contributed by atoms with E-state index in [4.69, 9.17) is 0 Å². The highest BCUT2D eigenvalue weighted by molar-refractivity contribution is 8.00. The number of hydrogen-bond donors (Lipinski definition) is 1. The highest BCUT2D eigenvalue weighted by atomic mass is 32.2. The fraction of sp³-hybridized carbons (Fsp3) is 0.250. The largest absolute Gasteiger partial charge is 0.453 e. The average molecular weight is 364 g/mol. The van der Waals surface area contributed by atoms with E-state index >= 15 is 0 Å². The van der Waals surface area contributed by atoms with Crippen molar-refractivity contribution in [3.63, 3.8) is 0 Å². The Morgan fingerprint density at radius 1 is 1.40 bits per heavy atom. The molecule has 1 aromatic carbocycles. The molecule has 2 rings (SSSR count). The van der Waals surface area contributed by atoms with Gasteiger partial charge in [0.05, 0.1) is 12.4 Å². The molecule has 2 aromatic rings. The van der Waals surface area contributed by atoms with Crippen LogP contribution in [0.3, 0.4) is 0 Å². The van der Waals surface area contributed by atoms with Crippen molar-refractivity contribution in [3.05, 3.63) is 42.7 Å². The first-order valence-corrected chi connectivity index (χ1v) is 8.19. The molecular formula is C16H17FN4O3S. The Bertz CT molecular complexity index is 776. The predicted octanol–water partition coefficient (Wildman–Crippen LogP) is 2.63. The molecule has 7 nitrogen and oxygen atoms in total. The molecule has 1 aromatic heterocycles. The second-order valence-electron chi connectivity index (χ2n) is 4.95. The van der Waals surface area contributed by atoms with E-state index in [-0.39, 0.29) is 5.82 Å². The average Bonchev–Trinajstić information content (AvgIpc) is 2.98. The van der Waals surface area contributed by atoms with E-state index in [1.807, 2.05) is 0 Å². The SMILES string of the molecule is C=CCn1c(S[C@H](C)C(=O)NC(=O)OC)nnc1-c1ccc(F)cc1. The molecule has 2 amide bonds. The van der Waals surface area contributed by atoms with Crippen molar-refractivity contribution in [2.24, 2.45) is 0 Å². The van der Waals surface area contributed by atoms with Crippen LogP contribution in [0.25, 0.3) is 11.4 Å². The molecule has 1 atom stereocenters. The van der Waals surface area contributed by atoms with Crippen molar-refractivity contribution >= 4 is 23.8 Å². The number of nitrogens with one attached hydrogen (secondary N) is 1. The van der Waals surface area contributed by atoms with Crippen molar-refractivity contribution in [1.29, 1.82) is 0 Å². The van der Waals surface area contributed by atoms with Gasteiger partial charge in [-0.2, -0.15) is 0 Å². The smallest absolute Gasteiger partial charge is 0.413 e. The highest BCUT2D eigenvalue weighted by Crippen LogP contribution is 2.27. The topological polar surface area (TPSA) is 86.1 Å². The van der Waals surface area contributed by atoms with Gasteiger partial charge in [-0.25, -0.2) is 9.18 Å². The number of benzene rings is 1. The lowest BCUT2D eigenvalue weighted by Gasteiger charge is -2.12. The first-order chi connectivity index (χ1) is 12.0. The van der Waals surface area contributed by atoms with Crippen molar-refractivity contribution in [3.8, 4) is 11.4 Å². The minimum Gasteiger partial charge on any atom is -0.453 e. The molecular weight excluding hydrogens is 347 g/mol. The summed E-state index contributed by atoms with van der Waals surface area (Å²) in [4.78, 5) is 23.1. The summed E-state index contributed by atoms with van der Waals surface area (Å²) in [6, 6.07) is 5.87. The first kappa shape index (κ1) is 18.7. The first-order valence-electron chi connectivity index (χ1n) is 7.31. The molecule has 0 saturated carbocycles. The van der Waals surface area contributed by atoms with Crippen molar-refractivity contribution in [2.45, 2.75) is 23.9 Å². The van der Waals surface area contributed by atoms with E-state index in [2.05, 4.69) is 26.8 Å². The molecule has 1 N–H and O–H groups in total. The molecule has 132 valence electrons. The molecule has 0 unspecified atom stereocenters. The summed E-state index contributed by atoms with van der Waals surface area (Å²) in [5, 5.41) is 10.2. The van der Waals surface area contributed by atoms with E-state index in [9.17, 15) is 14.0 Å². The van der Waals surface area contributed by atoms with Gasteiger partial charge in [0.25, 0.3) is 0 Å². The number of thioether (sulfide) groups is 1. The molecule has 9 heteroatoms. The Kier molecular flexibility index (Phi) is 6.29. The van der Waals surface area contributed by atoms with Gasteiger partial charge in [-0.05, 0) is 31.2 Å². The standard InChI is InChI=1S/C16H17FN4O3S/c1-4-9-21-13(11-5-7-12(17)8-6-11)19-20-15(21)25-10(2)14(22)18-16(23)24-3/h4-8,10H,1,9H2,2-3H3,(H,18,22,23)/t10-/m1/s1. The lowest BCUT2D eigenvalue weighted by molar-refractivity contribution is -0.119. The Labute approximate surface area is 148 Å². The number of ether oxygens (including phenoxy) is 1. The van der Waals surface area contributed by atoms with Gasteiger partial charge >= 0.3 is 6.09 Å². The number of nitrogens with zero attached hydrogens (tertiary/aromatic N) is 3. The Morgan fingerprint density at radius 3 is 2.68 bits per heavy atom. The molecule has 0 aliphatic carbocycles. The molecule has 0 aliphatic rings. The molecule has 0 saturated heterocycles. The summed E-state index contributed by atoms with van der Waals surface area (Å²) in [6.07, 6.45) is 0.844. The minimum atomic E-state index is -0.822. The molecule has 1 heterocycles. The lowest BCUT2D eigenvalue weighted by Crippen LogP contribution is -2.36. The van der Waals surface area contributed by atoms with Gasteiger partial charge in [-0.1, -0.05) is 17.8 Å². The number of halogens is 1. The van der Waals surface area contributed by atoms with Gasteiger partial charge in [-0.15, -0.1) is 16.8 Å². The molecule has 0 fully saturated rings. The van der Waals surface area contributed by atoms with E-state index in [0.29, 0.717) is 23.1 Å². The van der Waals surface area contributed by atoms with Crippen molar-refractivity contribution < 1.29 is 18.7 Å². The monoisotopic (exact) mass is 364 g/mol. The maximum atomic E-state index is 13.1. The lowest BCUT2D eigenvalue weighted by atomic mass is 10.2. The van der Waals surface area contributed by atoms with Gasteiger partial charge in [-0.3, -0.25) is 14.7 Å². The molecule has 0 spiro atoms. The van der Waals surface area contributed by atoms with Crippen LogP contribution < -0.4 is 5.32 Å². The zero-order valence-corrected chi connectivity index (χ0v) is 14.5. The van der Waals surface area contributed by atoms with E-state index in [1.165, 1.54) is 19.2 Å². The number of allylic oxidation sites excluding steroid dienone is 1. The number of alkyl carbamates (subject to hydrolysis) is 1. The van der Waals surface area contributed by atoms with Gasteiger partial charge < -0.3 is 4.74 Å². The van der Waals surface area contributed by atoms with Gasteiger partial charge in [0, 0.05) is 12.1 Å². The van der Waals surface area contributed by atoms with Gasteiger partial charge in [0.2, 0.25) is 5.91 Å². The second-order valence-corrected chi connectivity index (χ2v) is 6.26. The summed E-state index contributed by atoms with van der Waals surface area (Å²) in [6.45, 7) is 5.75. The van der Waals surface area contributed by atoms with Crippen LogP contribution in [0, 0.1) is 5.82 Å². The molecule has 25 heavy (non-hydrogen) atoms. The third-order valence-corrected chi connectivity index (χ3v) is 4.27.